The van der Waals surface area contributed by atoms with Crippen LogP contribution in [0, 0.1) is 0 Å². The highest BCUT2D eigenvalue weighted by atomic mass is 32.1. The number of thiophene rings is 2. The molecule has 0 fully saturated rings. The Labute approximate surface area is 261 Å². The van der Waals surface area contributed by atoms with Crippen molar-refractivity contribution in [3.8, 4) is 45.3 Å². The molecule has 0 saturated carbocycles. The molecule has 4 aromatic heterocycles. The normalized spacial score (nSPS) is 11.6. The molecule has 44 heavy (non-hydrogen) atoms. The van der Waals surface area contributed by atoms with Crippen molar-refractivity contribution >= 4 is 63.3 Å². The topological polar surface area (TPSA) is 51.6 Å². The molecule has 6 heteroatoms. The van der Waals surface area contributed by atoms with Crippen molar-refractivity contribution in [2.75, 3.05) is 0 Å². The van der Waals surface area contributed by atoms with Gasteiger partial charge in [-0.25, -0.2) is 19.9 Å². The van der Waals surface area contributed by atoms with E-state index in [1.807, 2.05) is 24.3 Å². The van der Waals surface area contributed by atoms with Gasteiger partial charge < -0.3 is 0 Å². The molecule has 9 rings (SSSR count). The van der Waals surface area contributed by atoms with Crippen molar-refractivity contribution in [3.63, 3.8) is 0 Å². The summed E-state index contributed by atoms with van der Waals surface area (Å²) in [6, 6.07) is 46.1. The van der Waals surface area contributed by atoms with Gasteiger partial charge in [0.2, 0.25) is 0 Å². The molecule has 5 aromatic carbocycles. The molecule has 0 N–H and O–H groups in total. The minimum Gasteiger partial charge on any atom is -0.227 e. The van der Waals surface area contributed by atoms with Gasteiger partial charge in [-0.15, -0.1) is 22.7 Å². The summed E-state index contributed by atoms with van der Waals surface area (Å²) in [6.07, 6.45) is 0. The number of nitrogens with zero attached hydrogens (tertiary/aromatic N) is 4. The van der Waals surface area contributed by atoms with Crippen LogP contribution in [0.1, 0.15) is 0 Å². The van der Waals surface area contributed by atoms with E-state index in [1.54, 1.807) is 22.7 Å². The fraction of sp³-hybridized carbons (Fsp3) is 0. The predicted octanol–water partition coefficient (Wildman–Crippen LogP) is 10.7. The van der Waals surface area contributed by atoms with Gasteiger partial charge in [0.15, 0.2) is 11.6 Å². The lowest BCUT2D eigenvalue weighted by Gasteiger charge is -2.10. The van der Waals surface area contributed by atoms with Crippen molar-refractivity contribution in [1.82, 2.24) is 19.9 Å². The fourth-order valence-corrected chi connectivity index (χ4v) is 8.06. The van der Waals surface area contributed by atoms with Gasteiger partial charge in [-0.3, -0.25) is 0 Å². The zero-order valence-corrected chi connectivity index (χ0v) is 24.9. The lowest BCUT2D eigenvalue weighted by molar-refractivity contribution is 1.23. The highest BCUT2D eigenvalue weighted by Crippen LogP contribution is 2.42. The summed E-state index contributed by atoms with van der Waals surface area (Å²) in [5.74, 6) is 1.42. The molecular formula is C38H22N4S2. The van der Waals surface area contributed by atoms with E-state index in [1.165, 1.54) is 20.2 Å². The Hall–Kier alpha value is -5.30. The van der Waals surface area contributed by atoms with Gasteiger partial charge in [-0.2, -0.15) is 0 Å². The number of hydrogen-bond acceptors (Lipinski definition) is 6. The Morgan fingerprint density at radius 2 is 0.818 bits per heavy atom. The smallest absolute Gasteiger partial charge is 0.161 e. The van der Waals surface area contributed by atoms with Gasteiger partial charge in [0, 0.05) is 53.2 Å². The van der Waals surface area contributed by atoms with E-state index in [4.69, 9.17) is 19.9 Å². The summed E-state index contributed by atoms with van der Waals surface area (Å²) in [5, 5.41) is 4.54. The van der Waals surface area contributed by atoms with Crippen molar-refractivity contribution < 1.29 is 0 Å². The van der Waals surface area contributed by atoms with Crippen LogP contribution in [0.15, 0.2) is 133 Å². The van der Waals surface area contributed by atoms with Gasteiger partial charge >= 0.3 is 0 Å². The third-order valence-corrected chi connectivity index (χ3v) is 10.1. The highest BCUT2D eigenvalue weighted by molar-refractivity contribution is 7.26. The quantitative estimate of drug-likeness (QED) is 0.202. The van der Waals surface area contributed by atoms with Crippen LogP contribution in [-0.4, -0.2) is 19.9 Å². The molecule has 206 valence electrons. The second kappa shape index (κ2) is 10.2. The highest BCUT2D eigenvalue weighted by Gasteiger charge is 2.19. The second-order valence-corrected chi connectivity index (χ2v) is 12.7. The standard InChI is InChI=1S/C38H22N4S2/c1-3-12-23(13-4-1)33-31-27-18-7-9-20-29(27)43-37(31)42-36(39-33)26-17-11-16-25(22-26)34-32-28-19-8-10-21-30(28)44-38(32)41-35(40-34)24-14-5-2-6-15-24/h1-22H. The Bertz CT molecular complexity index is 2500. The lowest BCUT2D eigenvalue weighted by atomic mass is 10.0. The molecule has 4 heterocycles. The number of rotatable bonds is 4. The Morgan fingerprint density at radius 1 is 0.364 bits per heavy atom. The van der Waals surface area contributed by atoms with Crippen LogP contribution in [0.5, 0.6) is 0 Å². The minimum atomic E-state index is 0.702. The van der Waals surface area contributed by atoms with Gasteiger partial charge in [0.05, 0.1) is 11.4 Å². The van der Waals surface area contributed by atoms with E-state index in [9.17, 15) is 0 Å². The second-order valence-electron chi connectivity index (χ2n) is 10.7. The lowest BCUT2D eigenvalue weighted by Crippen LogP contribution is -1.96. The van der Waals surface area contributed by atoms with Gasteiger partial charge in [0.25, 0.3) is 0 Å². The molecular weight excluding hydrogens is 577 g/mol. The predicted molar refractivity (Wildman–Crippen MR) is 185 cm³/mol. The summed E-state index contributed by atoms with van der Waals surface area (Å²) in [7, 11) is 0. The van der Waals surface area contributed by atoms with Crippen molar-refractivity contribution in [2.24, 2.45) is 0 Å². The van der Waals surface area contributed by atoms with E-state index in [2.05, 4.69) is 109 Å². The van der Waals surface area contributed by atoms with Gasteiger partial charge in [-0.05, 0) is 18.2 Å². The summed E-state index contributed by atoms with van der Waals surface area (Å²) < 4.78 is 2.41. The number of hydrogen-bond donors (Lipinski definition) is 0. The number of aromatic nitrogens is 4. The molecule has 9 aromatic rings. The molecule has 0 unspecified atom stereocenters. The average molecular weight is 599 g/mol. The molecule has 0 aliphatic heterocycles. The van der Waals surface area contributed by atoms with Crippen LogP contribution in [0.3, 0.4) is 0 Å². The Balaban J connectivity index is 1.28. The van der Waals surface area contributed by atoms with Crippen LogP contribution in [0.2, 0.25) is 0 Å². The van der Waals surface area contributed by atoms with E-state index in [-0.39, 0.29) is 0 Å². The molecule has 0 spiro atoms. The molecule has 0 amide bonds. The van der Waals surface area contributed by atoms with E-state index in [0.29, 0.717) is 5.82 Å². The van der Waals surface area contributed by atoms with Crippen LogP contribution in [0.4, 0.5) is 0 Å². The van der Waals surface area contributed by atoms with E-state index in [0.717, 1.165) is 59.9 Å². The van der Waals surface area contributed by atoms with Crippen LogP contribution in [0.25, 0.3) is 85.9 Å². The van der Waals surface area contributed by atoms with Crippen LogP contribution < -0.4 is 0 Å². The third-order valence-electron chi connectivity index (χ3n) is 7.95. The summed E-state index contributed by atoms with van der Waals surface area (Å²) in [5.41, 5.74) is 5.90. The first-order valence-corrected chi connectivity index (χ1v) is 16.0. The van der Waals surface area contributed by atoms with Crippen LogP contribution in [-0.2, 0) is 0 Å². The monoisotopic (exact) mass is 598 g/mol. The summed E-state index contributed by atoms with van der Waals surface area (Å²) >= 11 is 3.42. The SMILES string of the molecule is c1ccc(-c2nc(-c3cccc(-c4nc(-c5ccccc5)c5c(n4)sc4ccccc45)c3)c3c(n2)sc2ccccc23)cc1. The zero-order chi connectivity index (χ0) is 29.0. The average Bonchev–Trinajstić information content (AvgIpc) is 3.66. The Morgan fingerprint density at radius 3 is 1.43 bits per heavy atom. The van der Waals surface area contributed by atoms with E-state index < -0.39 is 0 Å². The van der Waals surface area contributed by atoms with Crippen molar-refractivity contribution in [3.05, 3.63) is 133 Å². The third kappa shape index (κ3) is 4.11. The largest absolute Gasteiger partial charge is 0.227 e. The molecule has 0 bridgehead atoms. The first kappa shape index (κ1) is 25.2. The fourth-order valence-electron chi connectivity index (χ4n) is 5.91. The molecule has 0 aliphatic carbocycles. The first-order chi connectivity index (χ1) is 21.8. The first-order valence-electron chi connectivity index (χ1n) is 14.4. The van der Waals surface area contributed by atoms with Crippen molar-refractivity contribution in [2.45, 2.75) is 0 Å². The molecule has 4 nitrogen and oxygen atoms in total. The Kier molecular flexibility index (Phi) is 5.82. The molecule has 0 atom stereocenters. The summed E-state index contributed by atoms with van der Waals surface area (Å²) in [6.45, 7) is 0. The number of fused-ring (bicyclic) bond motifs is 6. The molecule has 0 radical (unpaired) electrons. The zero-order valence-electron chi connectivity index (χ0n) is 23.3. The molecule has 0 aliphatic rings. The maximum Gasteiger partial charge on any atom is 0.161 e. The van der Waals surface area contributed by atoms with Gasteiger partial charge in [0.1, 0.15) is 9.66 Å². The minimum absolute atomic E-state index is 0.702. The molecule has 0 saturated heterocycles. The van der Waals surface area contributed by atoms with Gasteiger partial charge in [-0.1, -0.05) is 115 Å². The maximum atomic E-state index is 5.23. The number of benzene rings is 5. The van der Waals surface area contributed by atoms with E-state index >= 15 is 0 Å². The van der Waals surface area contributed by atoms with Crippen molar-refractivity contribution in [1.29, 1.82) is 0 Å². The maximum absolute atomic E-state index is 5.23. The van der Waals surface area contributed by atoms with Crippen LogP contribution >= 0.6 is 22.7 Å². The summed E-state index contributed by atoms with van der Waals surface area (Å²) in [4.78, 5) is 22.6.